The fraction of sp³-hybridized carbons (Fsp3) is 0.667. The summed E-state index contributed by atoms with van der Waals surface area (Å²) in [4.78, 5) is 2.68. The lowest BCUT2D eigenvalue weighted by Gasteiger charge is -2.53. The lowest BCUT2D eigenvalue weighted by molar-refractivity contribution is -0.00407. The van der Waals surface area contributed by atoms with Gasteiger partial charge in [0.1, 0.15) is 0 Å². The topological polar surface area (TPSA) is 15.3 Å². The lowest BCUT2D eigenvalue weighted by atomic mass is 9.82. The maximum atomic E-state index is 6.15. The van der Waals surface area contributed by atoms with E-state index in [4.69, 9.17) is 11.6 Å². The van der Waals surface area contributed by atoms with Crippen molar-refractivity contribution in [2.24, 2.45) is 0 Å². The SMILES string of the molecule is CCC1(C)CN(Cc2cccc(Cl)c2)C(CC)(CC)CN1. The Morgan fingerprint density at radius 1 is 1.19 bits per heavy atom. The van der Waals surface area contributed by atoms with Crippen LogP contribution in [0, 0.1) is 0 Å². The van der Waals surface area contributed by atoms with E-state index >= 15 is 0 Å². The zero-order valence-electron chi connectivity index (χ0n) is 13.9. The molecule has 0 radical (unpaired) electrons. The lowest BCUT2D eigenvalue weighted by Crippen LogP contribution is -2.68. The molecule has 1 aliphatic heterocycles. The Hall–Kier alpha value is -0.570. The fourth-order valence-corrected chi connectivity index (χ4v) is 3.61. The van der Waals surface area contributed by atoms with Crippen molar-refractivity contribution in [3.8, 4) is 0 Å². The summed E-state index contributed by atoms with van der Waals surface area (Å²) >= 11 is 6.15. The number of hydrogen-bond acceptors (Lipinski definition) is 2. The molecule has 21 heavy (non-hydrogen) atoms. The molecule has 1 aliphatic rings. The van der Waals surface area contributed by atoms with E-state index < -0.39 is 0 Å². The summed E-state index contributed by atoms with van der Waals surface area (Å²) in [5, 5.41) is 4.63. The zero-order valence-corrected chi connectivity index (χ0v) is 14.6. The van der Waals surface area contributed by atoms with Crippen LogP contribution < -0.4 is 5.32 Å². The second kappa shape index (κ2) is 6.68. The Kier molecular flexibility index (Phi) is 5.34. The Morgan fingerprint density at radius 2 is 1.90 bits per heavy atom. The van der Waals surface area contributed by atoms with Crippen LogP contribution in [0.2, 0.25) is 5.02 Å². The number of rotatable bonds is 5. The minimum atomic E-state index is 0.215. The highest BCUT2D eigenvalue weighted by atomic mass is 35.5. The van der Waals surface area contributed by atoms with E-state index in [0.29, 0.717) is 0 Å². The van der Waals surface area contributed by atoms with E-state index in [1.165, 1.54) is 18.4 Å². The van der Waals surface area contributed by atoms with Gasteiger partial charge >= 0.3 is 0 Å². The zero-order chi connectivity index (χ0) is 15.5. The summed E-state index contributed by atoms with van der Waals surface area (Å²) in [5.41, 5.74) is 1.79. The van der Waals surface area contributed by atoms with Crippen molar-refractivity contribution in [3.63, 3.8) is 0 Å². The molecule has 1 aromatic carbocycles. The van der Waals surface area contributed by atoms with Gasteiger partial charge in [-0.2, -0.15) is 0 Å². The van der Waals surface area contributed by atoms with Gasteiger partial charge in [-0.05, 0) is 43.9 Å². The monoisotopic (exact) mass is 308 g/mol. The molecule has 0 bridgehead atoms. The van der Waals surface area contributed by atoms with Crippen LogP contribution in [0.4, 0.5) is 0 Å². The summed E-state index contributed by atoms with van der Waals surface area (Å²) < 4.78 is 0. The second-order valence-corrected chi connectivity index (χ2v) is 7.12. The van der Waals surface area contributed by atoms with Crippen LogP contribution >= 0.6 is 11.6 Å². The smallest absolute Gasteiger partial charge is 0.0409 e. The van der Waals surface area contributed by atoms with Gasteiger partial charge in [-0.1, -0.05) is 44.5 Å². The van der Waals surface area contributed by atoms with E-state index in [0.717, 1.165) is 31.1 Å². The van der Waals surface area contributed by atoms with Crippen molar-refractivity contribution in [2.75, 3.05) is 13.1 Å². The van der Waals surface area contributed by atoms with Crippen LogP contribution in [0.1, 0.15) is 52.5 Å². The van der Waals surface area contributed by atoms with Crippen LogP contribution in [0.15, 0.2) is 24.3 Å². The third-order valence-electron chi connectivity index (χ3n) is 5.41. The van der Waals surface area contributed by atoms with Gasteiger partial charge in [-0.25, -0.2) is 0 Å². The summed E-state index contributed by atoms with van der Waals surface area (Å²) in [6.45, 7) is 12.4. The molecule has 1 N–H and O–H groups in total. The largest absolute Gasteiger partial charge is 0.308 e. The summed E-state index contributed by atoms with van der Waals surface area (Å²) in [6.07, 6.45) is 3.51. The minimum Gasteiger partial charge on any atom is -0.308 e. The number of piperazine rings is 1. The molecule has 0 aromatic heterocycles. The van der Waals surface area contributed by atoms with Crippen molar-refractivity contribution in [2.45, 2.75) is 64.6 Å². The maximum absolute atomic E-state index is 6.15. The normalized spacial score (nSPS) is 26.0. The van der Waals surface area contributed by atoms with Crippen LogP contribution in [0.5, 0.6) is 0 Å². The minimum absolute atomic E-state index is 0.215. The molecule has 1 heterocycles. The Morgan fingerprint density at radius 3 is 2.48 bits per heavy atom. The molecule has 0 amide bonds. The second-order valence-electron chi connectivity index (χ2n) is 6.69. The maximum Gasteiger partial charge on any atom is 0.0409 e. The fourth-order valence-electron chi connectivity index (χ4n) is 3.40. The predicted molar refractivity (Wildman–Crippen MR) is 91.9 cm³/mol. The Bertz CT molecular complexity index is 470. The van der Waals surface area contributed by atoms with Gasteiger partial charge in [0.2, 0.25) is 0 Å². The number of benzene rings is 1. The quantitative estimate of drug-likeness (QED) is 0.863. The third kappa shape index (κ3) is 3.61. The average molecular weight is 309 g/mol. The van der Waals surface area contributed by atoms with Crippen molar-refractivity contribution >= 4 is 11.6 Å². The molecule has 0 saturated carbocycles. The van der Waals surface area contributed by atoms with E-state index in [1.54, 1.807) is 0 Å². The van der Waals surface area contributed by atoms with Gasteiger partial charge in [0, 0.05) is 35.7 Å². The highest BCUT2D eigenvalue weighted by molar-refractivity contribution is 6.30. The summed E-state index contributed by atoms with van der Waals surface area (Å²) in [7, 11) is 0. The Labute approximate surface area is 134 Å². The van der Waals surface area contributed by atoms with Gasteiger partial charge in [0.25, 0.3) is 0 Å². The highest BCUT2D eigenvalue weighted by Crippen LogP contribution is 2.32. The van der Waals surface area contributed by atoms with E-state index in [2.05, 4.69) is 56.1 Å². The molecule has 0 aliphatic carbocycles. The highest BCUT2D eigenvalue weighted by Gasteiger charge is 2.42. The molecule has 1 saturated heterocycles. The molecule has 118 valence electrons. The Balaban J connectivity index is 2.25. The van der Waals surface area contributed by atoms with Crippen LogP contribution in [-0.4, -0.2) is 29.1 Å². The first kappa shape index (κ1) is 16.8. The first-order valence-electron chi connectivity index (χ1n) is 8.21. The molecule has 1 atom stereocenters. The molecule has 0 spiro atoms. The van der Waals surface area contributed by atoms with Crippen molar-refractivity contribution in [1.29, 1.82) is 0 Å². The summed E-state index contributed by atoms with van der Waals surface area (Å²) in [6, 6.07) is 8.29. The molecule has 3 heteroatoms. The molecular formula is C18H29ClN2. The summed E-state index contributed by atoms with van der Waals surface area (Å²) in [5.74, 6) is 0. The van der Waals surface area contributed by atoms with E-state index in [1.807, 2.05) is 6.07 Å². The average Bonchev–Trinajstić information content (AvgIpc) is 2.48. The van der Waals surface area contributed by atoms with Gasteiger partial charge in [-0.3, -0.25) is 4.90 Å². The van der Waals surface area contributed by atoms with Crippen molar-refractivity contribution in [1.82, 2.24) is 10.2 Å². The van der Waals surface area contributed by atoms with E-state index in [-0.39, 0.29) is 11.1 Å². The van der Waals surface area contributed by atoms with Crippen molar-refractivity contribution < 1.29 is 0 Å². The number of nitrogens with zero attached hydrogens (tertiary/aromatic N) is 1. The molecular weight excluding hydrogens is 280 g/mol. The van der Waals surface area contributed by atoms with Gasteiger partial charge in [0.15, 0.2) is 0 Å². The van der Waals surface area contributed by atoms with Crippen LogP contribution in [-0.2, 0) is 6.54 Å². The molecule has 1 unspecified atom stereocenters. The molecule has 1 aromatic rings. The number of nitrogens with one attached hydrogen (secondary N) is 1. The van der Waals surface area contributed by atoms with Gasteiger partial charge < -0.3 is 5.32 Å². The number of halogens is 1. The van der Waals surface area contributed by atoms with E-state index in [9.17, 15) is 0 Å². The molecule has 1 fully saturated rings. The third-order valence-corrected chi connectivity index (χ3v) is 5.65. The standard InChI is InChI=1S/C18H29ClN2/c1-5-17(4)14-21(18(6-2,7-3)13-20-17)12-15-9-8-10-16(19)11-15/h8-11,20H,5-7,12-14H2,1-4H3. The first-order valence-corrected chi connectivity index (χ1v) is 8.59. The molecule has 2 rings (SSSR count). The van der Waals surface area contributed by atoms with Gasteiger partial charge in [0.05, 0.1) is 0 Å². The predicted octanol–water partition coefficient (Wildman–Crippen LogP) is 4.47. The van der Waals surface area contributed by atoms with Crippen LogP contribution in [0.25, 0.3) is 0 Å². The van der Waals surface area contributed by atoms with Crippen molar-refractivity contribution in [3.05, 3.63) is 34.9 Å². The van der Waals surface area contributed by atoms with Gasteiger partial charge in [-0.15, -0.1) is 0 Å². The number of hydrogen-bond donors (Lipinski definition) is 1. The molecule has 2 nitrogen and oxygen atoms in total. The van der Waals surface area contributed by atoms with Crippen LogP contribution in [0.3, 0.4) is 0 Å². The first-order chi connectivity index (χ1) is 9.97.